The topological polar surface area (TPSA) is 81.2 Å². The van der Waals surface area contributed by atoms with Gasteiger partial charge in [0.05, 0.1) is 73.4 Å². The molecular weight excluding hydrogens is 821 g/mol. The van der Waals surface area contributed by atoms with Crippen molar-refractivity contribution in [3.8, 4) is 63.0 Å². The van der Waals surface area contributed by atoms with Crippen molar-refractivity contribution in [1.82, 2.24) is 9.13 Å². The number of rotatable bonds is 5. The second-order valence-corrected chi connectivity index (χ2v) is 15.3. The number of nitriles is 3. The summed E-state index contributed by atoms with van der Waals surface area (Å²) in [6.07, 6.45) is -10.3. The Kier molecular flexibility index (Phi) is 9.14. The lowest BCUT2D eigenvalue weighted by molar-refractivity contribution is -0.142. The SMILES string of the molecule is N#Cc1ccc(-c2ccc3c4ccccc4n(-c4cc(-c5ccc(C(F)(F)F)cc5C(F)(F)F)c(-n5c6ccccc6c6ccc(-c7ccc(C#N)cc7)cc65)cc4C#N)c3c2)cc1. The van der Waals surface area contributed by atoms with Crippen molar-refractivity contribution in [3.05, 3.63) is 192 Å². The van der Waals surface area contributed by atoms with Gasteiger partial charge in [-0.05, 0) is 101 Å². The van der Waals surface area contributed by atoms with Gasteiger partial charge >= 0.3 is 12.4 Å². The first-order valence-corrected chi connectivity index (χ1v) is 19.8. The maximum Gasteiger partial charge on any atom is 0.417 e. The number of fused-ring (bicyclic) bond motifs is 6. The van der Waals surface area contributed by atoms with E-state index in [4.69, 9.17) is 0 Å². The Bertz CT molecular complexity index is 3670. The number of hydrogen-bond donors (Lipinski definition) is 0. The van der Waals surface area contributed by atoms with Crippen LogP contribution in [0.1, 0.15) is 27.8 Å². The molecule has 64 heavy (non-hydrogen) atoms. The van der Waals surface area contributed by atoms with Gasteiger partial charge in [0.25, 0.3) is 0 Å². The molecule has 0 spiro atoms. The van der Waals surface area contributed by atoms with Gasteiger partial charge in [0, 0.05) is 27.1 Å². The van der Waals surface area contributed by atoms with E-state index >= 15 is 13.2 Å². The van der Waals surface area contributed by atoms with Gasteiger partial charge in [-0.3, -0.25) is 0 Å². The van der Waals surface area contributed by atoms with E-state index in [2.05, 4.69) is 18.2 Å². The molecule has 0 N–H and O–H groups in total. The zero-order chi connectivity index (χ0) is 44.5. The largest absolute Gasteiger partial charge is 0.417 e. The number of para-hydroxylation sites is 2. The Hall–Kier alpha value is -8.59. The summed E-state index contributed by atoms with van der Waals surface area (Å²) in [6.45, 7) is 0. The van der Waals surface area contributed by atoms with Crippen LogP contribution >= 0.6 is 0 Å². The first kappa shape index (κ1) is 39.5. The summed E-state index contributed by atoms with van der Waals surface area (Å²) in [5, 5.41) is 33.0. The van der Waals surface area contributed by atoms with Gasteiger partial charge in [-0.1, -0.05) is 91.0 Å². The van der Waals surface area contributed by atoms with Gasteiger partial charge < -0.3 is 9.13 Å². The normalized spacial score (nSPS) is 11.9. The highest BCUT2D eigenvalue weighted by Gasteiger charge is 2.39. The maximum atomic E-state index is 15.3. The predicted molar refractivity (Wildman–Crippen MR) is 236 cm³/mol. The molecule has 0 amide bonds. The van der Waals surface area contributed by atoms with Crippen LogP contribution in [0.2, 0.25) is 0 Å². The van der Waals surface area contributed by atoms with Gasteiger partial charge in [0.1, 0.15) is 6.07 Å². The van der Waals surface area contributed by atoms with E-state index in [1.807, 2.05) is 84.9 Å². The third-order valence-electron chi connectivity index (χ3n) is 11.7. The summed E-state index contributed by atoms with van der Waals surface area (Å²) in [5.74, 6) is 0. The Morgan fingerprint density at radius 3 is 1.31 bits per heavy atom. The maximum absolute atomic E-state index is 15.3. The quantitative estimate of drug-likeness (QED) is 0.162. The number of alkyl halides is 6. The highest BCUT2D eigenvalue weighted by atomic mass is 19.4. The van der Waals surface area contributed by atoms with Crippen LogP contribution in [0.25, 0.3) is 88.4 Å². The molecule has 2 heterocycles. The molecule has 10 aromatic rings. The van der Waals surface area contributed by atoms with E-state index in [1.54, 1.807) is 57.7 Å². The number of aromatic nitrogens is 2. The molecule has 0 atom stereocenters. The van der Waals surface area contributed by atoms with Gasteiger partial charge in [-0.2, -0.15) is 42.1 Å². The minimum atomic E-state index is -5.23. The van der Waals surface area contributed by atoms with Gasteiger partial charge in [-0.25, -0.2) is 0 Å². The van der Waals surface area contributed by atoms with Crippen LogP contribution in [0.3, 0.4) is 0 Å². The van der Waals surface area contributed by atoms with E-state index in [-0.39, 0.29) is 28.6 Å². The number of benzene rings is 8. The van der Waals surface area contributed by atoms with Crippen molar-refractivity contribution in [3.63, 3.8) is 0 Å². The van der Waals surface area contributed by atoms with Crippen molar-refractivity contribution in [2.24, 2.45) is 0 Å². The zero-order valence-electron chi connectivity index (χ0n) is 33.1. The lowest BCUT2D eigenvalue weighted by Crippen LogP contribution is -2.13. The van der Waals surface area contributed by atoms with Crippen LogP contribution in [-0.2, 0) is 12.4 Å². The first-order valence-electron chi connectivity index (χ1n) is 19.8. The van der Waals surface area contributed by atoms with Gasteiger partial charge in [0.15, 0.2) is 0 Å². The van der Waals surface area contributed by atoms with Crippen molar-refractivity contribution in [1.29, 1.82) is 15.8 Å². The van der Waals surface area contributed by atoms with Crippen LogP contribution < -0.4 is 0 Å². The third-order valence-corrected chi connectivity index (χ3v) is 11.7. The van der Waals surface area contributed by atoms with Crippen LogP contribution in [0.5, 0.6) is 0 Å². The minimum Gasteiger partial charge on any atom is -0.309 e. The molecule has 8 aromatic carbocycles. The smallest absolute Gasteiger partial charge is 0.309 e. The molecule has 0 saturated carbocycles. The van der Waals surface area contributed by atoms with Crippen molar-refractivity contribution < 1.29 is 26.3 Å². The molecule has 0 unspecified atom stereocenters. The third kappa shape index (κ3) is 6.48. The number of nitrogens with zero attached hydrogens (tertiary/aromatic N) is 5. The highest BCUT2D eigenvalue weighted by Crippen LogP contribution is 2.46. The second kappa shape index (κ2) is 14.8. The first-order chi connectivity index (χ1) is 30.9. The molecule has 0 aliphatic heterocycles. The van der Waals surface area contributed by atoms with Crippen LogP contribution in [0.4, 0.5) is 26.3 Å². The fourth-order valence-corrected chi connectivity index (χ4v) is 8.74. The van der Waals surface area contributed by atoms with Crippen molar-refractivity contribution >= 4 is 43.6 Å². The summed E-state index contributed by atoms with van der Waals surface area (Å²) in [7, 11) is 0. The molecule has 0 aliphatic rings. The lowest BCUT2D eigenvalue weighted by atomic mass is 9.93. The lowest BCUT2D eigenvalue weighted by Gasteiger charge is -2.22. The summed E-state index contributed by atoms with van der Waals surface area (Å²) in [6, 6.07) is 51.2. The van der Waals surface area contributed by atoms with E-state index in [9.17, 15) is 29.0 Å². The standard InChI is InChI=1S/C53H27F6N5/c54-52(55,56)38-19-22-39(45(26-38)53(57,58)59)44-27-48(63-46-7-3-1-5-40(46)42-20-17-35(23-49(42)63)33-13-9-31(28-60)10-14-33)37(30-62)25-51(44)64-47-8-4-2-6-41(47)43-21-18-36(24-50(43)64)34-15-11-32(29-61)12-16-34/h1-27H. The summed E-state index contributed by atoms with van der Waals surface area (Å²) in [5.41, 5.74) is 3.25. The van der Waals surface area contributed by atoms with Crippen LogP contribution in [0.15, 0.2) is 164 Å². The summed E-state index contributed by atoms with van der Waals surface area (Å²) >= 11 is 0. The predicted octanol–water partition coefficient (Wildman–Crippen LogP) is 14.5. The molecule has 306 valence electrons. The molecule has 0 aliphatic carbocycles. The molecule has 0 radical (unpaired) electrons. The Balaban J connectivity index is 1.33. The Morgan fingerprint density at radius 2 is 0.844 bits per heavy atom. The number of halogens is 6. The monoisotopic (exact) mass is 847 g/mol. The van der Waals surface area contributed by atoms with Gasteiger partial charge in [-0.15, -0.1) is 0 Å². The van der Waals surface area contributed by atoms with Crippen molar-refractivity contribution in [2.75, 3.05) is 0 Å². The summed E-state index contributed by atoms with van der Waals surface area (Å²) in [4.78, 5) is 0. The van der Waals surface area contributed by atoms with Gasteiger partial charge in [0.2, 0.25) is 0 Å². The van der Waals surface area contributed by atoms with E-state index < -0.39 is 29.0 Å². The summed E-state index contributed by atoms with van der Waals surface area (Å²) < 4.78 is 91.9. The van der Waals surface area contributed by atoms with Crippen LogP contribution in [-0.4, -0.2) is 9.13 Å². The average molecular weight is 848 g/mol. The van der Waals surface area contributed by atoms with Crippen LogP contribution in [0, 0.1) is 34.0 Å². The molecular formula is C53H27F6N5. The second-order valence-electron chi connectivity index (χ2n) is 15.3. The molecule has 0 saturated heterocycles. The zero-order valence-corrected chi connectivity index (χ0v) is 33.1. The molecule has 10 rings (SSSR count). The minimum absolute atomic E-state index is 0.0735. The molecule has 11 heteroatoms. The number of hydrogen-bond acceptors (Lipinski definition) is 3. The fraction of sp³-hybridized carbons (Fsp3) is 0.0377. The molecule has 5 nitrogen and oxygen atoms in total. The Morgan fingerprint density at radius 1 is 0.375 bits per heavy atom. The van der Waals surface area contributed by atoms with Crippen molar-refractivity contribution in [2.45, 2.75) is 12.4 Å². The van der Waals surface area contributed by atoms with E-state index in [1.165, 1.54) is 12.1 Å². The molecule has 2 aromatic heterocycles. The molecule has 0 bridgehead atoms. The van der Waals surface area contributed by atoms with E-state index in [0.29, 0.717) is 39.3 Å². The van der Waals surface area contributed by atoms with E-state index in [0.717, 1.165) is 49.9 Å². The average Bonchev–Trinajstić information content (AvgIpc) is 3.82. The fourth-order valence-electron chi connectivity index (χ4n) is 8.74. The highest BCUT2D eigenvalue weighted by molar-refractivity contribution is 6.12. The Labute approximate surface area is 360 Å². The molecule has 0 fully saturated rings.